The highest BCUT2D eigenvalue weighted by Crippen LogP contribution is 2.26. The molecule has 8 heteroatoms. The predicted molar refractivity (Wildman–Crippen MR) is 162 cm³/mol. The molecule has 0 aliphatic heterocycles. The maximum Gasteiger partial charge on any atom is 0.253 e. The van der Waals surface area contributed by atoms with E-state index in [4.69, 9.17) is 4.98 Å². The highest BCUT2D eigenvalue weighted by molar-refractivity contribution is 5.98. The Kier molecular flexibility index (Phi) is 10.9. The van der Waals surface area contributed by atoms with Crippen LogP contribution in [0.15, 0.2) is 42.5 Å². The Morgan fingerprint density at radius 1 is 0.897 bits per heavy atom. The Balaban J connectivity index is 1.93. The van der Waals surface area contributed by atoms with Crippen molar-refractivity contribution >= 4 is 40.2 Å². The zero-order valence-corrected chi connectivity index (χ0v) is 24.8. The van der Waals surface area contributed by atoms with Crippen LogP contribution in [0.25, 0.3) is 11.0 Å². The van der Waals surface area contributed by atoms with Crippen LogP contribution < -0.4 is 10.6 Å². The van der Waals surface area contributed by atoms with Crippen molar-refractivity contribution in [2.24, 2.45) is 11.8 Å². The lowest BCUT2D eigenvalue weighted by Gasteiger charge is -2.24. The van der Waals surface area contributed by atoms with Crippen LogP contribution in [0.1, 0.15) is 64.2 Å². The highest BCUT2D eigenvalue weighted by Gasteiger charge is 2.19. The Morgan fingerprint density at radius 3 is 2.08 bits per heavy atom. The molecular formula is C31H46N6O2. The number of nitrogens with one attached hydrogen (secondary N) is 2. The highest BCUT2D eigenvalue weighted by atomic mass is 16.2. The first-order valence-corrected chi connectivity index (χ1v) is 14.1. The summed E-state index contributed by atoms with van der Waals surface area (Å²) in [7, 11) is 4.14. The first-order valence-electron chi connectivity index (χ1n) is 14.1. The first-order chi connectivity index (χ1) is 18.5. The number of hydrogen-bond acceptors (Lipinski definition) is 5. The van der Waals surface area contributed by atoms with E-state index in [1.54, 1.807) is 0 Å². The minimum Gasteiger partial charge on any atom is -0.339 e. The minimum absolute atomic E-state index is 0.0855. The second-order valence-corrected chi connectivity index (χ2v) is 11.5. The van der Waals surface area contributed by atoms with E-state index in [0.717, 1.165) is 73.8 Å². The number of rotatable bonds is 14. The maximum absolute atomic E-state index is 13.7. The van der Waals surface area contributed by atoms with Gasteiger partial charge in [0.15, 0.2) is 0 Å². The molecule has 3 rings (SSSR count). The molecule has 2 N–H and O–H groups in total. The molecule has 0 aliphatic carbocycles. The predicted octanol–water partition coefficient (Wildman–Crippen LogP) is 6.22. The number of hydrogen-bond donors (Lipinski definition) is 2. The molecule has 1 heterocycles. The summed E-state index contributed by atoms with van der Waals surface area (Å²) in [6.45, 7) is 13.5. The largest absolute Gasteiger partial charge is 0.339 e. The van der Waals surface area contributed by atoms with Crippen LogP contribution in [0.4, 0.5) is 17.3 Å². The molecule has 0 atom stereocenters. The van der Waals surface area contributed by atoms with Gasteiger partial charge in [-0.2, -0.15) is 0 Å². The molecule has 2 aromatic carbocycles. The SMILES string of the molecule is CC(=O)Nc1ccc(Nc2nc3ccc(C(=O)N(CCC(C)C)CCC(C)C)cc3n2CCCN(C)C)cc1. The Labute approximate surface area is 233 Å². The molecule has 0 bridgehead atoms. The van der Waals surface area contributed by atoms with Crippen molar-refractivity contribution in [3.63, 3.8) is 0 Å². The monoisotopic (exact) mass is 534 g/mol. The van der Waals surface area contributed by atoms with Gasteiger partial charge in [-0.05, 0) is 94.2 Å². The van der Waals surface area contributed by atoms with Crippen LogP contribution in [0.5, 0.6) is 0 Å². The van der Waals surface area contributed by atoms with Gasteiger partial charge in [-0.15, -0.1) is 0 Å². The van der Waals surface area contributed by atoms with Crippen molar-refractivity contribution in [3.05, 3.63) is 48.0 Å². The van der Waals surface area contributed by atoms with Crippen LogP contribution in [-0.4, -0.2) is 64.9 Å². The van der Waals surface area contributed by atoms with Crippen molar-refractivity contribution < 1.29 is 9.59 Å². The summed E-state index contributed by atoms with van der Waals surface area (Å²) in [4.78, 5) is 34.1. The molecule has 0 aliphatic rings. The second-order valence-electron chi connectivity index (χ2n) is 11.5. The van der Waals surface area contributed by atoms with Crippen molar-refractivity contribution in [1.29, 1.82) is 0 Å². The van der Waals surface area contributed by atoms with Gasteiger partial charge in [0.1, 0.15) is 0 Å². The standard InChI is InChI=1S/C31H46N6O2/c1-22(2)15-19-36(20-16-23(3)4)30(39)25-9-14-28-29(21-25)37(18-8-17-35(6)7)31(34-28)33-27-12-10-26(11-13-27)32-24(5)38/h9-14,21-23H,8,15-20H2,1-7H3,(H,32,38)(H,33,34). The van der Waals surface area contributed by atoms with Gasteiger partial charge in [0.25, 0.3) is 5.91 Å². The van der Waals surface area contributed by atoms with Crippen LogP contribution in [0.2, 0.25) is 0 Å². The average molecular weight is 535 g/mol. The summed E-state index contributed by atoms with van der Waals surface area (Å²) in [6.07, 6.45) is 2.92. The van der Waals surface area contributed by atoms with E-state index >= 15 is 0 Å². The second kappa shape index (κ2) is 14.1. The summed E-state index contributed by atoms with van der Waals surface area (Å²) in [5, 5.41) is 6.24. The zero-order chi connectivity index (χ0) is 28.5. The van der Waals surface area contributed by atoms with Gasteiger partial charge in [0.2, 0.25) is 11.9 Å². The molecule has 0 saturated heterocycles. The van der Waals surface area contributed by atoms with E-state index in [0.29, 0.717) is 17.4 Å². The third-order valence-corrected chi connectivity index (χ3v) is 6.68. The summed E-state index contributed by atoms with van der Waals surface area (Å²) in [5.74, 6) is 1.80. The number of carbonyl (C=O) groups excluding carboxylic acids is 2. The van der Waals surface area contributed by atoms with Crippen LogP contribution >= 0.6 is 0 Å². The number of carbonyl (C=O) groups is 2. The summed E-state index contributed by atoms with van der Waals surface area (Å²) in [5.41, 5.74) is 4.12. The quantitative estimate of drug-likeness (QED) is 0.256. The molecule has 0 unspecified atom stereocenters. The summed E-state index contributed by atoms with van der Waals surface area (Å²) >= 11 is 0. The van der Waals surface area contributed by atoms with Gasteiger partial charge < -0.3 is 25.0 Å². The molecule has 212 valence electrons. The van der Waals surface area contributed by atoms with E-state index in [1.807, 2.05) is 47.4 Å². The number of fused-ring (bicyclic) bond motifs is 1. The molecule has 1 aromatic heterocycles. The van der Waals surface area contributed by atoms with Crippen molar-refractivity contribution in [3.8, 4) is 0 Å². The number of anilines is 3. The third-order valence-electron chi connectivity index (χ3n) is 6.68. The molecule has 39 heavy (non-hydrogen) atoms. The van der Waals surface area contributed by atoms with E-state index in [9.17, 15) is 9.59 Å². The summed E-state index contributed by atoms with van der Waals surface area (Å²) < 4.78 is 2.17. The van der Waals surface area contributed by atoms with E-state index in [2.05, 4.69) is 61.9 Å². The molecule has 0 spiro atoms. The van der Waals surface area contributed by atoms with Gasteiger partial charge in [-0.3, -0.25) is 9.59 Å². The lowest BCUT2D eigenvalue weighted by Crippen LogP contribution is -2.34. The number of benzene rings is 2. The topological polar surface area (TPSA) is 82.5 Å². The number of imidazole rings is 1. The normalized spacial score (nSPS) is 11.5. The number of amides is 2. The van der Waals surface area contributed by atoms with Gasteiger partial charge in [0, 0.05) is 43.5 Å². The lowest BCUT2D eigenvalue weighted by molar-refractivity contribution is -0.114. The maximum atomic E-state index is 13.7. The van der Waals surface area contributed by atoms with Gasteiger partial charge in [-0.25, -0.2) is 4.98 Å². The van der Waals surface area contributed by atoms with Crippen LogP contribution in [0, 0.1) is 11.8 Å². The number of nitrogens with zero attached hydrogens (tertiary/aromatic N) is 4. The van der Waals surface area contributed by atoms with Gasteiger partial charge in [0.05, 0.1) is 11.0 Å². The fraction of sp³-hybridized carbons (Fsp3) is 0.516. The van der Waals surface area contributed by atoms with E-state index in [1.165, 1.54) is 6.92 Å². The lowest BCUT2D eigenvalue weighted by atomic mass is 10.1. The fourth-order valence-electron chi connectivity index (χ4n) is 4.42. The molecular weight excluding hydrogens is 488 g/mol. The zero-order valence-electron chi connectivity index (χ0n) is 24.8. The molecule has 2 amide bonds. The molecule has 0 saturated carbocycles. The molecule has 8 nitrogen and oxygen atoms in total. The van der Waals surface area contributed by atoms with Gasteiger partial charge >= 0.3 is 0 Å². The smallest absolute Gasteiger partial charge is 0.253 e. The Hall–Kier alpha value is -3.39. The molecule has 0 radical (unpaired) electrons. The van der Waals surface area contributed by atoms with E-state index < -0.39 is 0 Å². The Morgan fingerprint density at radius 2 is 1.51 bits per heavy atom. The number of aryl methyl sites for hydroxylation is 1. The average Bonchev–Trinajstić information content (AvgIpc) is 3.20. The van der Waals surface area contributed by atoms with Gasteiger partial charge in [-0.1, -0.05) is 27.7 Å². The minimum atomic E-state index is -0.101. The molecule has 0 fully saturated rings. The number of aromatic nitrogens is 2. The summed E-state index contributed by atoms with van der Waals surface area (Å²) in [6, 6.07) is 13.4. The van der Waals surface area contributed by atoms with E-state index in [-0.39, 0.29) is 11.8 Å². The molecule has 3 aromatic rings. The Bertz CT molecular complexity index is 1220. The van der Waals surface area contributed by atoms with Crippen molar-refractivity contribution in [1.82, 2.24) is 19.4 Å². The first kappa shape index (κ1) is 30.2. The fourth-order valence-corrected chi connectivity index (χ4v) is 4.42. The van der Waals surface area contributed by atoms with Crippen LogP contribution in [-0.2, 0) is 11.3 Å². The van der Waals surface area contributed by atoms with Crippen LogP contribution in [0.3, 0.4) is 0 Å². The van der Waals surface area contributed by atoms with Crippen molar-refractivity contribution in [2.45, 2.75) is 60.4 Å². The third kappa shape index (κ3) is 9.10. The van der Waals surface area contributed by atoms with Crippen molar-refractivity contribution in [2.75, 3.05) is 44.4 Å².